The Hall–Kier alpha value is -0.920. The van der Waals surface area contributed by atoms with Gasteiger partial charge in [-0.1, -0.05) is 20.8 Å². The Morgan fingerprint density at radius 2 is 2.06 bits per heavy atom. The summed E-state index contributed by atoms with van der Waals surface area (Å²) in [6.07, 6.45) is 0. The van der Waals surface area contributed by atoms with Gasteiger partial charge in [-0.15, -0.1) is 11.3 Å². The van der Waals surface area contributed by atoms with Gasteiger partial charge in [0.25, 0.3) is 0 Å². The van der Waals surface area contributed by atoms with Gasteiger partial charge in [-0.05, 0) is 13.8 Å². The fourth-order valence-electron chi connectivity index (χ4n) is 1.29. The summed E-state index contributed by atoms with van der Waals surface area (Å²) in [6.45, 7) is 10.5. The molecule has 4 heteroatoms. The zero-order chi connectivity index (χ0) is 12.3. The van der Waals surface area contributed by atoms with Crippen LogP contribution in [0.15, 0.2) is 5.38 Å². The number of nitrogens with one attached hydrogen (secondary N) is 1. The lowest BCUT2D eigenvalue weighted by molar-refractivity contribution is 0.532. The molecule has 0 radical (unpaired) electrons. The van der Waals surface area contributed by atoms with E-state index in [1.165, 1.54) is 0 Å². The Balaban J connectivity index is 2.88. The SMILES string of the molecule is CC(C)NC(C#N)c1csc(C(C)(C)C)n1. The molecule has 0 aromatic carbocycles. The second kappa shape index (κ2) is 4.94. The summed E-state index contributed by atoms with van der Waals surface area (Å²) >= 11 is 1.63. The summed E-state index contributed by atoms with van der Waals surface area (Å²) < 4.78 is 0. The van der Waals surface area contributed by atoms with E-state index in [0.717, 1.165) is 10.7 Å². The molecule has 1 unspecified atom stereocenters. The molecular formula is C12H19N3S. The lowest BCUT2D eigenvalue weighted by Crippen LogP contribution is -2.27. The number of hydrogen-bond acceptors (Lipinski definition) is 4. The van der Waals surface area contributed by atoms with Crippen molar-refractivity contribution in [1.29, 1.82) is 5.26 Å². The first kappa shape index (κ1) is 13.1. The Labute approximate surface area is 102 Å². The molecule has 0 aliphatic rings. The molecular weight excluding hydrogens is 218 g/mol. The van der Waals surface area contributed by atoms with Gasteiger partial charge in [0.1, 0.15) is 6.04 Å². The van der Waals surface area contributed by atoms with Gasteiger partial charge in [0.15, 0.2) is 0 Å². The van der Waals surface area contributed by atoms with E-state index in [9.17, 15) is 0 Å². The van der Waals surface area contributed by atoms with Crippen molar-refractivity contribution in [1.82, 2.24) is 10.3 Å². The van der Waals surface area contributed by atoms with Crippen molar-refractivity contribution in [2.45, 2.75) is 52.1 Å². The second-order valence-corrected chi connectivity index (χ2v) is 6.07. The third-order valence-electron chi connectivity index (χ3n) is 2.09. The molecule has 0 aliphatic carbocycles. The van der Waals surface area contributed by atoms with Crippen molar-refractivity contribution < 1.29 is 0 Å². The maximum Gasteiger partial charge on any atom is 0.139 e. The molecule has 0 saturated heterocycles. The highest BCUT2D eigenvalue weighted by molar-refractivity contribution is 7.09. The Kier molecular flexibility index (Phi) is 4.06. The van der Waals surface area contributed by atoms with Crippen LogP contribution < -0.4 is 5.32 Å². The largest absolute Gasteiger partial charge is 0.295 e. The monoisotopic (exact) mass is 237 g/mol. The summed E-state index contributed by atoms with van der Waals surface area (Å²) in [6, 6.07) is 2.23. The smallest absolute Gasteiger partial charge is 0.139 e. The molecule has 1 aromatic heterocycles. The van der Waals surface area contributed by atoms with Crippen molar-refractivity contribution >= 4 is 11.3 Å². The lowest BCUT2D eigenvalue weighted by Gasteiger charge is -2.15. The number of aromatic nitrogens is 1. The lowest BCUT2D eigenvalue weighted by atomic mass is 9.98. The molecule has 0 fully saturated rings. The van der Waals surface area contributed by atoms with Crippen molar-refractivity contribution in [3.8, 4) is 6.07 Å². The molecule has 88 valence electrons. The second-order valence-electron chi connectivity index (χ2n) is 5.21. The van der Waals surface area contributed by atoms with Crippen LogP contribution in [0.4, 0.5) is 0 Å². The molecule has 0 spiro atoms. The van der Waals surface area contributed by atoms with E-state index in [1.807, 2.05) is 19.2 Å². The van der Waals surface area contributed by atoms with Crippen LogP contribution in [-0.4, -0.2) is 11.0 Å². The highest BCUT2D eigenvalue weighted by atomic mass is 32.1. The van der Waals surface area contributed by atoms with Gasteiger partial charge in [0.2, 0.25) is 0 Å². The number of nitriles is 1. The van der Waals surface area contributed by atoms with Crippen LogP contribution in [0.3, 0.4) is 0 Å². The molecule has 0 aliphatic heterocycles. The maximum atomic E-state index is 9.09. The van der Waals surface area contributed by atoms with E-state index in [2.05, 4.69) is 37.1 Å². The van der Waals surface area contributed by atoms with Gasteiger partial charge < -0.3 is 0 Å². The van der Waals surface area contributed by atoms with Crippen LogP contribution in [0.25, 0.3) is 0 Å². The van der Waals surface area contributed by atoms with Gasteiger partial charge in [0.05, 0.1) is 16.8 Å². The number of thiazole rings is 1. The zero-order valence-electron chi connectivity index (χ0n) is 10.5. The minimum absolute atomic E-state index is 0.0563. The average Bonchev–Trinajstić information content (AvgIpc) is 2.61. The first-order valence-electron chi connectivity index (χ1n) is 5.46. The normalized spacial score (nSPS) is 13.8. The molecule has 1 aromatic rings. The van der Waals surface area contributed by atoms with Crippen LogP contribution in [0.5, 0.6) is 0 Å². The van der Waals surface area contributed by atoms with E-state index in [-0.39, 0.29) is 17.5 Å². The van der Waals surface area contributed by atoms with Crippen LogP contribution >= 0.6 is 11.3 Å². The highest BCUT2D eigenvalue weighted by Crippen LogP contribution is 2.27. The molecule has 0 bridgehead atoms. The maximum absolute atomic E-state index is 9.09. The minimum atomic E-state index is -0.299. The van der Waals surface area contributed by atoms with Crippen LogP contribution in [0.1, 0.15) is 51.4 Å². The summed E-state index contributed by atoms with van der Waals surface area (Å²) in [4.78, 5) is 4.54. The standard InChI is InChI=1S/C12H19N3S/c1-8(2)14-9(6-13)10-7-16-11(15-10)12(3,4)5/h7-9,14H,1-5H3. The Bertz CT molecular complexity index is 382. The fraction of sp³-hybridized carbons (Fsp3) is 0.667. The first-order valence-corrected chi connectivity index (χ1v) is 6.34. The molecule has 1 N–H and O–H groups in total. The van der Waals surface area contributed by atoms with Crippen molar-refractivity contribution in [3.05, 3.63) is 16.1 Å². The summed E-state index contributed by atoms with van der Waals surface area (Å²) in [5, 5.41) is 15.3. The summed E-state index contributed by atoms with van der Waals surface area (Å²) in [5.41, 5.74) is 0.895. The van der Waals surface area contributed by atoms with E-state index >= 15 is 0 Å². The predicted octanol–water partition coefficient (Wildman–Crippen LogP) is 3.00. The minimum Gasteiger partial charge on any atom is -0.295 e. The zero-order valence-corrected chi connectivity index (χ0v) is 11.4. The number of hydrogen-bond donors (Lipinski definition) is 1. The van der Waals surface area contributed by atoms with Gasteiger partial charge in [-0.25, -0.2) is 4.98 Å². The topological polar surface area (TPSA) is 48.7 Å². The third-order valence-corrected chi connectivity index (χ3v) is 3.37. The van der Waals surface area contributed by atoms with E-state index in [4.69, 9.17) is 5.26 Å². The molecule has 1 atom stereocenters. The first-order chi connectivity index (χ1) is 7.34. The van der Waals surface area contributed by atoms with Gasteiger partial charge in [-0.2, -0.15) is 5.26 Å². The summed E-state index contributed by atoms with van der Waals surface area (Å²) in [7, 11) is 0. The molecule has 1 heterocycles. The van der Waals surface area contributed by atoms with Crippen molar-refractivity contribution in [2.24, 2.45) is 0 Å². The molecule has 0 amide bonds. The van der Waals surface area contributed by atoms with Crippen LogP contribution in [0.2, 0.25) is 0 Å². The third kappa shape index (κ3) is 3.29. The van der Waals surface area contributed by atoms with E-state index < -0.39 is 0 Å². The molecule has 1 rings (SSSR count). The van der Waals surface area contributed by atoms with Gasteiger partial charge in [-0.3, -0.25) is 5.32 Å². The van der Waals surface area contributed by atoms with Crippen LogP contribution in [0, 0.1) is 11.3 Å². The average molecular weight is 237 g/mol. The van der Waals surface area contributed by atoms with E-state index in [0.29, 0.717) is 0 Å². The van der Waals surface area contributed by atoms with Crippen LogP contribution in [-0.2, 0) is 5.41 Å². The highest BCUT2D eigenvalue weighted by Gasteiger charge is 2.21. The van der Waals surface area contributed by atoms with Gasteiger partial charge in [0, 0.05) is 16.8 Å². The van der Waals surface area contributed by atoms with Gasteiger partial charge >= 0.3 is 0 Å². The summed E-state index contributed by atoms with van der Waals surface area (Å²) in [5.74, 6) is 0. The Morgan fingerprint density at radius 1 is 1.44 bits per heavy atom. The van der Waals surface area contributed by atoms with Crippen molar-refractivity contribution in [2.75, 3.05) is 0 Å². The number of nitrogens with zero attached hydrogens (tertiary/aromatic N) is 2. The predicted molar refractivity (Wildman–Crippen MR) is 67.4 cm³/mol. The molecule has 0 saturated carbocycles. The van der Waals surface area contributed by atoms with Crippen molar-refractivity contribution in [3.63, 3.8) is 0 Å². The Morgan fingerprint density at radius 3 is 2.44 bits per heavy atom. The van der Waals surface area contributed by atoms with E-state index in [1.54, 1.807) is 11.3 Å². The number of rotatable bonds is 3. The molecule has 16 heavy (non-hydrogen) atoms. The fourth-order valence-corrected chi connectivity index (χ4v) is 2.22. The quantitative estimate of drug-likeness (QED) is 0.879. The molecule has 3 nitrogen and oxygen atoms in total.